The van der Waals surface area contributed by atoms with Crippen LogP contribution in [-0.2, 0) is 10.0 Å². The van der Waals surface area contributed by atoms with Gasteiger partial charge in [0.2, 0.25) is 0 Å². The Kier molecular flexibility index (Phi) is 7.06. The van der Waals surface area contributed by atoms with E-state index in [9.17, 15) is 13.2 Å². The Morgan fingerprint density at radius 2 is 1.88 bits per heavy atom. The van der Waals surface area contributed by atoms with E-state index in [-0.39, 0.29) is 10.8 Å². The minimum atomic E-state index is -3.83. The predicted molar refractivity (Wildman–Crippen MR) is 105 cm³/mol. The molecule has 26 heavy (non-hydrogen) atoms. The summed E-state index contributed by atoms with van der Waals surface area (Å²) in [4.78, 5) is 12.2. The Bertz CT molecular complexity index is 882. The van der Waals surface area contributed by atoms with Crippen molar-refractivity contribution in [2.45, 2.75) is 38.0 Å². The fraction of sp³-hybridized carbons (Fsp3) is 0.316. The molecule has 0 heterocycles. The summed E-state index contributed by atoms with van der Waals surface area (Å²) in [5.74, 6) is -0.280. The molecule has 2 N–H and O–H groups in total. The van der Waals surface area contributed by atoms with E-state index in [0.29, 0.717) is 22.8 Å². The molecule has 140 valence electrons. The van der Waals surface area contributed by atoms with Crippen molar-refractivity contribution in [3.05, 3.63) is 58.6 Å². The molecular weight excluding hydrogens is 372 g/mol. The van der Waals surface area contributed by atoms with Crippen LogP contribution in [0.15, 0.2) is 47.4 Å². The summed E-state index contributed by atoms with van der Waals surface area (Å²) in [6.07, 6.45) is 3.01. The van der Waals surface area contributed by atoms with Crippen molar-refractivity contribution in [1.29, 1.82) is 0 Å². The van der Waals surface area contributed by atoms with Gasteiger partial charge in [0.25, 0.3) is 15.9 Å². The number of unbranched alkanes of at least 4 members (excludes halogenated alkanes) is 2. The fourth-order valence-corrected chi connectivity index (χ4v) is 3.73. The number of hydrogen-bond donors (Lipinski definition) is 2. The van der Waals surface area contributed by atoms with E-state index < -0.39 is 10.0 Å². The fourth-order valence-electron chi connectivity index (χ4n) is 2.39. The van der Waals surface area contributed by atoms with E-state index in [1.165, 1.54) is 12.1 Å². The first-order chi connectivity index (χ1) is 12.3. The Morgan fingerprint density at radius 1 is 1.12 bits per heavy atom. The summed E-state index contributed by atoms with van der Waals surface area (Å²) in [5, 5.41) is 3.25. The largest absolute Gasteiger partial charge is 0.352 e. The van der Waals surface area contributed by atoms with Gasteiger partial charge in [-0.3, -0.25) is 9.52 Å². The van der Waals surface area contributed by atoms with Crippen LogP contribution in [0.5, 0.6) is 0 Å². The van der Waals surface area contributed by atoms with Gasteiger partial charge in [-0.1, -0.05) is 43.5 Å². The molecule has 5 nitrogen and oxygen atoms in total. The van der Waals surface area contributed by atoms with E-state index in [0.717, 1.165) is 24.8 Å². The van der Waals surface area contributed by atoms with Crippen LogP contribution < -0.4 is 10.0 Å². The molecule has 2 aromatic rings. The van der Waals surface area contributed by atoms with Crippen LogP contribution in [-0.4, -0.2) is 20.9 Å². The lowest BCUT2D eigenvalue weighted by molar-refractivity contribution is 0.0952. The number of aryl methyl sites for hydroxylation is 1. The van der Waals surface area contributed by atoms with Gasteiger partial charge in [-0.05, 0) is 49.2 Å². The van der Waals surface area contributed by atoms with Crippen molar-refractivity contribution < 1.29 is 13.2 Å². The molecule has 2 rings (SSSR count). The van der Waals surface area contributed by atoms with Crippen molar-refractivity contribution in [2.75, 3.05) is 11.3 Å². The molecular formula is C19H23ClN2O3S. The van der Waals surface area contributed by atoms with Gasteiger partial charge in [-0.15, -0.1) is 0 Å². The maximum absolute atomic E-state index is 12.7. The first kappa shape index (κ1) is 20.3. The van der Waals surface area contributed by atoms with Gasteiger partial charge < -0.3 is 5.32 Å². The summed E-state index contributed by atoms with van der Waals surface area (Å²) in [6, 6.07) is 11.0. The number of halogens is 1. The topological polar surface area (TPSA) is 75.3 Å². The molecule has 7 heteroatoms. The SMILES string of the molecule is CCCCCNC(=O)c1cccc(S(=O)(=O)Nc2cc(Cl)ccc2C)c1. The normalized spacial score (nSPS) is 11.2. The van der Waals surface area contributed by atoms with Crippen molar-refractivity contribution in [2.24, 2.45) is 0 Å². The lowest BCUT2D eigenvalue weighted by Crippen LogP contribution is -2.24. The molecule has 0 bridgehead atoms. The van der Waals surface area contributed by atoms with Gasteiger partial charge in [0.1, 0.15) is 0 Å². The maximum Gasteiger partial charge on any atom is 0.261 e. The highest BCUT2D eigenvalue weighted by molar-refractivity contribution is 7.92. The lowest BCUT2D eigenvalue weighted by atomic mass is 10.2. The van der Waals surface area contributed by atoms with E-state index in [1.807, 2.05) is 0 Å². The average molecular weight is 395 g/mol. The lowest BCUT2D eigenvalue weighted by Gasteiger charge is -2.12. The second-order valence-electron chi connectivity index (χ2n) is 6.06. The minimum absolute atomic E-state index is 0.0260. The summed E-state index contributed by atoms with van der Waals surface area (Å²) in [5.41, 5.74) is 1.47. The van der Waals surface area contributed by atoms with Crippen LogP contribution in [0.3, 0.4) is 0 Å². The Labute approximate surface area is 159 Å². The highest BCUT2D eigenvalue weighted by atomic mass is 35.5. The zero-order valence-electron chi connectivity index (χ0n) is 14.9. The zero-order chi connectivity index (χ0) is 19.2. The number of rotatable bonds is 8. The number of benzene rings is 2. The number of carbonyl (C=O) groups excluding carboxylic acids is 1. The van der Waals surface area contributed by atoms with Gasteiger partial charge in [0.15, 0.2) is 0 Å². The van der Waals surface area contributed by atoms with Crippen LogP contribution in [0.25, 0.3) is 0 Å². The first-order valence-corrected chi connectivity index (χ1v) is 10.4. The number of amides is 1. The van der Waals surface area contributed by atoms with Crippen LogP contribution in [0.1, 0.15) is 42.1 Å². The van der Waals surface area contributed by atoms with Crippen LogP contribution in [0.2, 0.25) is 5.02 Å². The highest BCUT2D eigenvalue weighted by Crippen LogP contribution is 2.23. The quantitative estimate of drug-likeness (QED) is 0.653. The molecule has 2 aromatic carbocycles. The molecule has 0 atom stereocenters. The first-order valence-electron chi connectivity index (χ1n) is 8.50. The number of sulfonamides is 1. The molecule has 1 amide bonds. The third kappa shape index (κ3) is 5.47. The Balaban J connectivity index is 2.17. The van der Waals surface area contributed by atoms with Crippen LogP contribution in [0, 0.1) is 6.92 Å². The number of nitrogens with one attached hydrogen (secondary N) is 2. The van der Waals surface area contributed by atoms with E-state index in [4.69, 9.17) is 11.6 Å². The van der Waals surface area contributed by atoms with E-state index >= 15 is 0 Å². The third-order valence-electron chi connectivity index (χ3n) is 3.92. The molecule has 0 saturated carbocycles. The highest BCUT2D eigenvalue weighted by Gasteiger charge is 2.17. The molecule has 0 fully saturated rings. The van der Waals surface area contributed by atoms with Gasteiger partial charge in [-0.2, -0.15) is 0 Å². The van der Waals surface area contributed by atoms with Crippen molar-refractivity contribution >= 4 is 33.2 Å². The third-order valence-corrected chi connectivity index (χ3v) is 5.51. The molecule has 0 spiro atoms. The van der Waals surface area contributed by atoms with Gasteiger partial charge in [-0.25, -0.2) is 8.42 Å². The molecule has 0 radical (unpaired) electrons. The van der Waals surface area contributed by atoms with Crippen molar-refractivity contribution in [1.82, 2.24) is 5.32 Å². The molecule has 0 unspecified atom stereocenters. The van der Waals surface area contributed by atoms with Crippen LogP contribution >= 0.6 is 11.6 Å². The number of anilines is 1. The summed E-state index contributed by atoms with van der Waals surface area (Å²) >= 11 is 5.94. The van der Waals surface area contributed by atoms with Gasteiger partial charge >= 0.3 is 0 Å². The molecule has 0 aliphatic heterocycles. The monoisotopic (exact) mass is 394 g/mol. The van der Waals surface area contributed by atoms with Crippen LogP contribution in [0.4, 0.5) is 5.69 Å². The van der Waals surface area contributed by atoms with Crippen molar-refractivity contribution in [3.8, 4) is 0 Å². The van der Waals surface area contributed by atoms with E-state index in [1.54, 1.807) is 37.3 Å². The maximum atomic E-state index is 12.7. The molecule has 0 aliphatic rings. The second-order valence-corrected chi connectivity index (χ2v) is 8.17. The van der Waals surface area contributed by atoms with E-state index in [2.05, 4.69) is 17.0 Å². The number of hydrogen-bond acceptors (Lipinski definition) is 3. The average Bonchev–Trinajstić information content (AvgIpc) is 2.61. The predicted octanol–water partition coefficient (Wildman–Crippen LogP) is 4.37. The zero-order valence-corrected chi connectivity index (χ0v) is 16.5. The van der Waals surface area contributed by atoms with Gasteiger partial charge in [0, 0.05) is 17.1 Å². The summed E-state index contributed by atoms with van der Waals surface area (Å²) < 4.78 is 27.8. The smallest absolute Gasteiger partial charge is 0.261 e. The summed E-state index contributed by atoms with van der Waals surface area (Å²) in [7, 11) is -3.83. The van der Waals surface area contributed by atoms with Crippen molar-refractivity contribution in [3.63, 3.8) is 0 Å². The second kappa shape index (κ2) is 9.05. The molecule has 0 saturated heterocycles. The minimum Gasteiger partial charge on any atom is -0.352 e. The molecule has 0 aliphatic carbocycles. The standard InChI is InChI=1S/C19H23ClN2O3S/c1-3-4-5-11-21-19(23)15-7-6-8-17(12-15)26(24,25)22-18-13-16(20)10-9-14(18)2/h6-10,12-13,22H,3-5,11H2,1-2H3,(H,21,23). The Hall–Kier alpha value is -2.05. The molecule has 0 aromatic heterocycles. The summed E-state index contributed by atoms with van der Waals surface area (Å²) in [6.45, 7) is 4.45. The van der Waals surface area contributed by atoms with Gasteiger partial charge in [0.05, 0.1) is 10.6 Å². The Morgan fingerprint density at radius 3 is 2.62 bits per heavy atom. The number of carbonyl (C=O) groups is 1.